The van der Waals surface area contributed by atoms with E-state index in [-0.39, 0.29) is 18.4 Å². The van der Waals surface area contributed by atoms with Crippen molar-refractivity contribution in [3.8, 4) is 6.07 Å². The molecule has 0 rings (SSSR count). The van der Waals surface area contributed by atoms with Gasteiger partial charge in [0, 0.05) is 21.1 Å². The topological polar surface area (TPSA) is 64.4 Å². The van der Waals surface area contributed by atoms with Crippen LogP contribution in [0.25, 0.3) is 0 Å². The van der Waals surface area contributed by atoms with Crippen molar-refractivity contribution in [3.63, 3.8) is 0 Å². The zero-order valence-electron chi connectivity index (χ0n) is 11.3. The summed E-state index contributed by atoms with van der Waals surface area (Å²) in [6.07, 6.45) is 0.915. The minimum Gasteiger partial charge on any atom is -0.347 e. The first-order valence-electron chi connectivity index (χ1n) is 5.71. The van der Waals surface area contributed by atoms with Gasteiger partial charge >= 0.3 is 0 Å². The van der Waals surface area contributed by atoms with E-state index >= 15 is 0 Å². The highest BCUT2D eigenvalue weighted by molar-refractivity contribution is 5.89. The lowest BCUT2D eigenvalue weighted by molar-refractivity contribution is -0.143. The van der Waals surface area contributed by atoms with Crippen molar-refractivity contribution in [1.82, 2.24) is 9.80 Å². The van der Waals surface area contributed by atoms with Crippen molar-refractivity contribution in [1.29, 1.82) is 5.26 Å². The van der Waals surface area contributed by atoms with Gasteiger partial charge in [0.15, 0.2) is 0 Å². The highest BCUT2D eigenvalue weighted by Gasteiger charge is 2.37. The summed E-state index contributed by atoms with van der Waals surface area (Å²) in [5.74, 6) is -0.430. The van der Waals surface area contributed by atoms with Crippen LogP contribution in [0.5, 0.6) is 0 Å². The van der Waals surface area contributed by atoms with Gasteiger partial charge in [-0.05, 0) is 12.8 Å². The van der Waals surface area contributed by atoms with Crippen molar-refractivity contribution in [2.45, 2.75) is 26.7 Å². The van der Waals surface area contributed by atoms with Gasteiger partial charge in [-0.2, -0.15) is 5.26 Å². The molecule has 96 valence electrons. The third kappa shape index (κ3) is 3.45. The third-order valence-corrected chi connectivity index (χ3v) is 3.05. The number of hydrogen-bond acceptors (Lipinski definition) is 3. The molecule has 0 N–H and O–H groups in total. The molecule has 17 heavy (non-hydrogen) atoms. The Kier molecular flexibility index (Phi) is 5.66. The van der Waals surface area contributed by atoms with Gasteiger partial charge in [-0.3, -0.25) is 9.59 Å². The van der Waals surface area contributed by atoms with E-state index in [0.717, 1.165) is 0 Å². The molecule has 0 spiro atoms. The zero-order valence-corrected chi connectivity index (χ0v) is 11.3. The average molecular weight is 239 g/mol. The lowest BCUT2D eigenvalue weighted by atomic mass is 9.82. The number of nitrogens with zero attached hydrogens (tertiary/aromatic N) is 3. The van der Waals surface area contributed by atoms with Crippen LogP contribution < -0.4 is 0 Å². The molecule has 0 bridgehead atoms. The summed E-state index contributed by atoms with van der Waals surface area (Å²) in [4.78, 5) is 26.4. The van der Waals surface area contributed by atoms with Crippen LogP contribution in [0.1, 0.15) is 26.7 Å². The molecule has 5 nitrogen and oxygen atoms in total. The van der Waals surface area contributed by atoms with Gasteiger partial charge < -0.3 is 9.80 Å². The van der Waals surface area contributed by atoms with Crippen LogP contribution in [-0.2, 0) is 9.59 Å². The molecule has 0 atom stereocenters. The molecule has 2 amide bonds. The average Bonchev–Trinajstić information content (AvgIpc) is 2.31. The van der Waals surface area contributed by atoms with E-state index < -0.39 is 5.41 Å². The lowest BCUT2D eigenvalue weighted by Crippen LogP contribution is -2.45. The number of likely N-dealkylation sites (N-methyl/N-ethyl adjacent to an activating group) is 2. The molecular weight excluding hydrogens is 218 g/mol. The molecule has 0 radical (unpaired) electrons. The van der Waals surface area contributed by atoms with Crippen LogP contribution in [0.15, 0.2) is 0 Å². The van der Waals surface area contributed by atoms with Gasteiger partial charge in [0.05, 0.1) is 12.6 Å². The largest absolute Gasteiger partial charge is 0.347 e. The second kappa shape index (κ2) is 6.24. The molecule has 5 heteroatoms. The molecule has 0 aromatic heterocycles. The van der Waals surface area contributed by atoms with E-state index in [2.05, 4.69) is 6.07 Å². The van der Waals surface area contributed by atoms with Crippen molar-refractivity contribution < 1.29 is 9.59 Å². The highest BCUT2D eigenvalue weighted by Crippen LogP contribution is 2.27. The molecular formula is C12H21N3O2. The van der Waals surface area contributed by atoms with Gasteiger partial charge in [-0.15, -0.1) is 0 Å². The summed E-state index contributed by atoms with van der Waals surface area (Å²) in [5, 5.41) is 9.15. The second-order valence-electron chi connectivity index (χ2n) is 4.35. The van der Waals surface area contributed by atoms with Gasteiger partial charge in [0.25, 0.3) is 0 Å². The molecule has 0 aromatic rings. The Balaban J connectivity index is 4.81. The second-order valence-corrected chi connectivity index (χ2v) is 4.35. The molecule has 0 heterocycles. The summed E-state index contributed by atoms with van der Waals surface area (Å²) in [5.41, 5.74) is -0.999. The number of nitriles is 1. The maximum absolute atomic E-state index is 12.1. The quantitative estimate of drug-likeness (QED) is 0.715. The predicted molar refractivity (Wildman–Crippen MR) is 65.0 cm³/mol. The SMILES string of the molecule is CCC(C#N)(CC)C(=O)N(C)CC(=O)N(C)C. The number of hydrogen-bond donors (Lipinski definition) is 0. The van der Waals surface area contributed by atoms with Crippen LogP contribution in [0.3, 0.4) is 0 Å². The minimum atomic E-state index is -0.999. The predicted octanol–water partition coefficient (Wildman–Crippen LogP) is 0.863. The van der Waals surface area contributed by atoms with Crippen molar-refractivity contribution >= 4 is 11.8 Å². The van der Waals surface area contributed by atoms with Gasteiger partial charge in [0.2, 0.25) is 11.8 Å². The van der Waals surface area contributed by atoms with E-state index in [1.165, 1.54) is 9.80 Å². The Labute approximate surface area is 103 Å². The van der Waals surface area contributed by atoms with E-state index in [1.54, 1.807) is 21.1 Å². The Morgan fingerprint density at radius 2 is 1.65 bits per heavy atom. The van der Waals surface area contributed by atoms with E-state index in [9.17, 15) is 9.59 Å². The van der Waals surface area contributed by atoms with Crippen LogP contribution in [-0.4, -0.2) is 49.3 Å². The first-order chi connectivity index (χ1) is 7.84. The monoisotopic (exact) mass is 239 g/mol. The Bertz CT molecular complexity index is 327. The van der Waals surface area contributed by atoms with Crippen LogP contribution >= 0.6 is 0 Å². The van der Waals surface area contributed by atoms with E-state index in [4.69, 9.17) is 5.26 Å². The summed E-state index contributed by atoms with van der Waals surface area (Å²) in [6.45, 7) is 3.63. The van der Waals surface area contributed by atoms with Gasteiger partial charge in [0.1, 0.15) is 5.41 Å². The molecule has 0 unspecified atom stereocenters. The summed E-state index contributed by atoms with van der Waals surface area (Å²) in [7, 11) is 4.83. The molecule has 0 aromatic carbocycles. The van der Waals surface area contributed by atoms with Crippen molar-refractivity contribution in [3.05, 3.63) is 0 Å². The summed E-state index contributed by atoms with van der Waals surface area (Å²) >= 11 is 0. The maximum atomic E-state index is 12.1. The number of amides is 2. The van der Waals surface area contributed by atoms with Crippen LogP contribution in [0, 0.1) is 16.7 Å². The number of rotatable bonds is 5. The van der Waals surface area contributed by atoms with E-state index in [0.29, 0.717) is 12.8 Å². The van der Waals surface area contributed by atoms with E-state index in [1.807, 2.05) is 13.8 Å². The first-order valence-corrected chi connectivity index (χ1v) is 5.71. The Morgan fingerprint density at radius 3 is 1.94 bits per heavy atom. The molecule has 0 fully saturated rings. The highest BCUT2D eigenvalue weighted by atomic mass is 16.2. The molecule has 0 saturated heterocycles. The van der Waals surface area contributed by atoms with Gasteiger partial charge in [-0.1, -0.05) is 13.8 Å². The summed E-state index contributed by atoms with van der Waals surface area (Å²) < 4.78 is 0. The molecule has 0 aliphatic rings. The van der Waals surface area contributed by atoms with Crippen LogP contribution in [0.4, 0.5) is 0 Å². The minimum absolute atomic E-state index is 0.00919. The lowest BCUT2D eigenvalue weighted by Gasteiger charge is -2.28. The summed E-state index contributed by atoms with van der Waals surface area (Å²) in [6, 6.07) is 2.08. The smallest absolute Gasteiger partial charge is 0.243 e. The zero-order chi connectivity index (χ0) is 13.6. The maximum Gasteiger partial charge on any atom is 0.243 e. The van der Waals surface area contributed by atoms with Crippen molar-refractivity contribution in [2.24, 2.45) is 5.41 Å². The fourth-order valence-electron chi connectivity index (χ4n) is 1.54. The number of carbonyl (C=O) groups is 2. The molecule has 0 aliphatic heterocycles. The first kappa shape index (κ1) is 15.4. The normalized spacial score (nSPS) is 10.6. The van der Waals surface area contributed by atoms with Crippen LogP contribution in [0.2, 0.25) is 0 Å². The fraction of sp³-hybridized carbons (Fsp3) is 0.750. The van der Waals surface area contributed by atoms with Gasteiger partial charge in [-0.25, -0.2) is 0 Å². The standard InChI is InChI=1S/C12H21N3O2/c1-6-12(7-2,9-13)11(17)15(5)8-10(16)14(3)4/h6-8H2,1-5H3. The Hall–Kier alpha value is -1.57. The Morgan fingerprint density at radius 1 is 1.18 bits per heavy atom. The fourth-order valence-corrected chi connectivity index (χ4v) is 1.54. The third-order valence-electron chi connectivity index (χ3n) is 3.05. The van der Waals surface area contributed by atoms with Crippen molar-refractivity contribution in [2.75, 3.05) is 27.7 Å². The number of carbonyl (C=O) groups excluding carboxylic acids is 2. The molecule has 0 aliphatic carbocycles. The molecule has 0 saturated carbocycles.